The molecule has 4 rings (SSSR count). The molecule has 4 aromatic heterocycles. The summed E-state index contributed by atoms with van der Waals surface area (Å²) in [5.74, 6) is 0. The molecule has 1 radical (unpaired) electrons. The molecule has 0 bridgehead atoms. The molecule has 0 saturated heterocycles. The molecular formula is C27H23F18N5O3P3Re-. The fraction of sp³-hybridized carbons (Fsp3) is 0.111. The van der Waals surface area contributed by atoms with Gasteiger partial charge in [-0.1, -0.05) is 0 Å². The quantitative estimate of drug-likeness (QED) is 0.0668. The molecule has 8 nitrogen and oxygen atoms in total. The Balaban J connectivity index is -0.000000240. The maximum Gasteiger partial charge on any atom is 0 e. The Bertz CT molecular complexity index is 1750. The summed E-state index contributed by atoms with van der Waals surface area (Å²) in [5, 5.41) is 7.32. The summed E-state index contributed by atoms with van der Waals surface area (Å²) in [6.07, 6.45) is 11.9. The van der Waals surface area contributed by atoms with Crippen molar-refractivity contribution in [3.05, 3.63) is 106 Å². The molecule has 30 heteroatoms. The van der Waals surface area contributed by atoms with Gasteiger partial charge >= 0.3 is 133 Å². The Morgan fingerprint density at radius 3 is 0.825 bits per heavy atom. The van der Waals surface area contributed by atoms with E-state index in [-0.39, 0.29) is 20.4 Å². The minimum Gasteiger partial charge on any atom is 0 e. The minimum absolute atomic E-state index is 0. The van der Waals surface area contributed by atoms with E-state index in [1.54, 1.807) is 6.07 Å². The Labute approximate surface area is 323 Å². The SMILES string of the molecule is CC#N.C[n+]1ccc(-c2ccnc(-c3cc(-c4cc[n+](C)cc4)ccn3)c2)cc1.F[P-](F)(F)(F)(F)F.F[P-](F)(F)(F)(F)F.F[P-](F)(F)(F)(F)F.[C-]#[O+].[C-]#[O+].[C-]#[O+].[Re]. The predicted octanol–water partition coefficient (Wildman–Crippen LogP) is 13.7. The first-order valence-electron chi connectivity index (χ1n) is 12.9. The topological polar surface area (TPSA) is 117 Å². The number of pyridine rings is 4. The van der Waals surface area contributed by atoms with E-state index in [4.69, 9.17) is 19.2 Å². The molecule has 323 valence electrons. The second kappa shape index (κ2) is 20.1. The molecule has 0 atom stereocenters. The Morgan fingerprint density at radius 2 is 0.649 bits per heavy atom. The fourth-order valence-corrected chi connectivity index (χ4v) is 2.89. The molecule has 4 aromatic rings. The van der Waals surface area contributed by atoms with Gasteiger partial charge in [-0.05, 0) is 46.5 Å². The van der Waals surface area contributed by atoms with Crippen molar-refractivity contribution in [3.8, 4) is 39.7 Å². The number of rotatable bonds is 3. The normalized spacial score (nSPS) is 13.6. The average molecular weight is 1090 g/mol. The van der Waals surface area contributed by atoms with Gasteiger partial charge in [0.25, 0.3) is 0 Å². The van der Waals surface area contributed by atoms with Crippen LogP contribution in [-0.4, -0.2) is 9.97 Å². The van der Waals surface area contributed by atoms with Crippen molar-refractivity contribution in [1.29, 1.82) is 5.26 Å². The number of nitrogens with zero attached hydrogens (tertiary/aromatic N) is 5. The molecule has 57 heavy (non-hydrogen) atoms. The second-order valence-corrected chi connectivity index (χ2v) is 15.2. The summed E-state index contributed by atoms with van der Waals surface area (Å²) in [5.41, 5.74) is 6.35. The third kappa shape index (κ3) is 56.4. The van der Waals surface area contributed by atoms with Crippen molar-refractivity contribution in [2.45, 2.75) is 6.92 Å². The number of halogens is 18. The molecule has 4 heterocycles. The Kier molecular flexibility index (Phi) is 22.0. The van der Waals surface area contributed by atoms with E-state index >= 15 is 0 Å². The first-order valence-corrected chi connectivity index (χ1v) is 19.0. The van der Waals surface area contributed by atoms with E-state index in [0.717, 1.165) is 22.5 Å². The summed E-state index contributed by atoms with van der Waals surface area (Å²) in [7, 11) is -27.9. The fourth-order valence-electron chi connectivity index (χ4n) is 2.89. The summed E-state index contributed by atoms with van der Waals surface area (Å²) < 4.78 is 204. The van der Waals surface area contributed by atoms with Gasteiger partial charge in [0.1, 0.15) is 14.1 Å². The van der Waals surface area contributed by atoms with Crippen LogP contribution in [0.3, 0.4) is 0 Å². The molecular weight excluding hydrogens is 1060 g/mol. The van der Waals surface area contributed by atoms with Crippen LogP contribution in [-0.2, 0) is 48.5 Å². The number of nitriles is 1. The molecule has 0 saturated carbocycles. The molecule has 0 N–H and O–H groups in total. The monoisotopic (exact) mass is 1090 g/mol. The number of hydrogen-bond donors (Lipinski definition) is 0. The van der Waals surface area contributed by atoms with Gasteiger partial charge in [0.2, 0.25) is 0 Å². The van der Waals surface area contributed by atoms with Gasteiger partial charge in [0.15, 0.2) is 24.8 Å². The van der Waals surface area contributed by atoms with Crippen LogP contribution in [0.2, 0.25) is 0 Å². The first kappa shape index (κ1) is 62.2. The molecule has 0 fully saturated rings. The summed E-state index contributed by atoms with van der Waals surface area (Å²) in [6, 6.07) is 18.4. The molecule has 0 unspecified atom stereocenters. The standard InChI is InChI=1S/C22H20N4.C2H3N.3CO.3F6P.Re/c1-25-11-5-17(6-12-25)19-3-9-23-21(15-19)22-16-20(4-10-24-22)18-7-13-26(2)14-8-18;1-2-3;3*1-2;3*1-7(2,3,4,5)6;/h3-16H,1-2H3;1H3;;;;;;;/q+2;;;;;3*-1;. The average Bonchev–Trinajstić information content (AvgIpc) is 3.01. The molecule has 0 amide bonds. The zero-order valence-corrected chi connectivity index (χ0v) is 33.5. The second-order valence-electron chi connectivity index (χ2n) is 9.46. The largest absolute Gasteiger partial charge is 0 e. The molecule has 0 aliphatic heterocycles. The van der Waals surface area contributed by atoms with Crippen LogP contribution in [0.5, 0.6) is 0 Å². The Hall–Kier alpha value is -4.00. The smallest absolute Gasteiger partial charge is 0 e. The molecule has 0 aromatic carbocycles. The number of hydrogen-bond acceptors (Lipinski definition) is 3. The Morgan fingerprint density at radius 1 is 0.474 bits per heavy atom. The van der Waals surface area contributed by atoms with E-state index in [9.17, 15) is 75.5 Å². The third-order valence-corrected chi connectivity index (χ3v) is 4.41. The molecule has 0 spiro atoms. The van der Waals surface area contributed by atoms with Gasteiger partial charge in [-0.2, -0.15) is 5.26 Å². The van der Waals surface area contributed by atoms with Crippen LogP contribution in [0.4, 0.5) is 75.5 Å². The zero-order valence-electron chi connectivity index (χ0n) is 28.1. The summed E-state index contributed by atoms with van der Waals surface area (Å²) in [6.45, 7) is 14.9. The zero-order chi connectivity index (χ0) is 45.9. The van der Waals surface area contributed by atoms with Gasteiger partial charge in [-0.25, -0.2) is 9.13 Å². The maximum atomic E-state index is 9.87. The van der Waals surface area contributed by atoms with Gasteiger partial charge in [0, 0.05) is 64.0 Å². The summed E-state index contributed by atoms with van der Waals surface area (Å²) >= 11 is 0. The molecule has 0 aliphatic rings. The van der Waals surface area contributed by atoms with Crippen molar-refractivity contribution in [2.24, 2.45) is 14.1 Å². The third-order valence-electron chi connectivity index (χ3n) is 4.41. The van der Waals surface area contributed by atoms with Crippen LogP contribution in [0.15, 0.2) is 85.7 Å². The van der Waals surface area contributed by atoms with Crippen molar-refractivity contribution in [2.75, 3.05) is 0 Å². The van der Waals surface area contributed by atoms with Gasteiger partial charge in [-0.15, -0.1) is 0 Å². The predicted molar refractivity (Wildman–Crippen MR) is 164 cm³/mol. The van der Waals surface area contributed by atoms with Crippen molar-refractivity contribution in [3.63, 3.8) is 0 Å². The minimum atomic E-state index is -10.7. The maximum absolute atomic E-state index is 10.7. The van der Waals surface area contributed by atoms with Crippen molar-refractivity contribution in [1.82, 2.24) is 9.97 Å². The van der Waals surface area contributed by atoms with Gasteiger partial charge in [-0.3, -0.25) is 9.97 Å². The summed E-state index contributed by atoms with van der Waals surface area (Å²) in [4.78, 5) is 9.06. The van der Waals surface area contributed by atoms with Gasteiger partial charge < -0.3 is 0 Å². The van der Waals surface area contributed by atoms with E-state index in [1.165, 1.54) is 18.1 Å². The van der Waals surface area contributed by atoms with Crippen LogP contribution in [0.1, 0.15) is 6.92 Å². The number of aromatic nitrogens is 4. The van der Waals surface area contributed by atoms with E-state index in [0.29, 0.717) is 0 Å². The van der Waals surface area contributed by atoms with Gasteiger partial charge in [0.05, 0.1) is 17.5 Å². The van der Waals surface area contributed by atoms with E-state index in [2.05, 4.69) is 66.3 Å². The number of aryl methyl sites for hydroxylation is 2. The first-order chi connectivity index (χ1) is 24.4. The van der Waals surface area contributed by atoms with Crippen molar-refractivity contribution < 1.29 is 119 Å². The van der Waals surface area contributed by atoms with Crippen LogP contribution in [0, 0.1) is 31.3 Å². The van der Waals surface area contributed by atoms with Crippen LogP contribution >= 0.6 is 23.4 Å². The van der Waals surface area contributed by atoms with Crippen LogP contribution in [0.25, 0.3) is 33.6 Å². The molecule has 0 aliphatic carbocycles. The van der Waals surface area contributed by atoms with E-state index < -0.39 is 23.4 Å². The van der Waals surface area contributed by atoms with Crippen LogP contribution < -0.4 is 9.13 Å². The van der Waals surface area contributed by atoms with Crippen molar-refractivity contribution >= 4 is 23.4 Å². The van der Waals surface area contributed by atoms with E-state index in [1.807, 2.05) is 72.5 Å².